The van der Waals surface area contributed by atoms with Crippen molar-refractivity contribution in [3.63, 3.8) is 0 Å². The van der Waals surface area contributed by atoms with Crippen LogP contribution in [0.1, 0.15) is 44.6 Å². The van der Waals surface area contributed by atoms with Gasteiger partial charge in [0.25, 0.3) is 0 Å². The molecule has 0 aromatic heterocycles. The molecule has 1 fully saturated rings. The molecule has 0 saturated heterocycles. The lowest BCUT2D eigenvalue weighted by molar-refractivity contribution is 0.517. The van der Waals surface area contributed by atoms with Gasteiger partial charge in [-0.15, -0.1) is 0 Å². The van der Waals surface area contributed by atoms with Gasteiger partial charge in [0.15, 0.2) is 0 Å². The van der Waals surface area contributed by atoms with Crippen molar-refractivity contribution < 1.29 is 0 Å². The van der Waals surface area contributed by atoms with E-state index in [1.807, 2.05) is 0 Å². The lowest BCUT2D eigenvalue weighted by Gasteiger charge is -2.21. The summed E-state index contributed by atoms with van der Waals surface area (Å²) in [5, 5.41) is 0. The summed E-state index contributed by atoms with van der Waals surface area (Å²) in [5.41, 5.74) is 1.49. The maximum Gasteiger partial charge on any atom is -0.0169 e. The topological polar surface area (TPSA) is 0 Å². The summed E-state index contributed by atoms with van der Waals surface area (Å²) >= 11 is 0. The fourth-order valence-corrected chi connectivity index (χ4v) is 2.75. The molecule has 0 amide bonds. The molecule has 1 aliphatic carbocycles. The van der Waals surface area contributed by atoms with Gasteiger partial charge in [0.05, 0.1) is 0 Å². The van der Waals surface area contributed by atoms with Crippen molar-refractivity contribution in [3.05, 3.63) is 41.8 Å². The van der Waals surface area contributed by atoms with Crippen molar-refractivity contribution >= 4 is 0 Å². The third-order valence-corrected chi connectivity index (χ3v) is 3.66. The van der Waals surface area contributed by atoms with E-state index in [0.29, 0.717) is 0 Å². The second-order valence-corrected chi connectivity index (χ2v) is 4.66. The predicted octanol–water partition coefficient (Wildman–Crippen LogP) is 4.40. The highest BCUT2D eigenvalue weighted by atomic mass is 14.3. The Labute approximate surface area is 93.7 Å². The smallest absolute Gasteiger partial charge is 0.0169 e. The molecule has 81 valence electrons. The van der Waals surface area contributed by atoms with E-state index in [0.717, 1.165) is 5.92 Å². The molecule has 0 heteroatoms. The fourth-order valence-electron chi connectivity index (χ4n) is 2.75. The third-order valence-electron chi connectivity index (χ3n) is 3.66. The molecule has 1 aliphatic rings. The summed E-state index contributed by atoms with van der Waals surface area (Å²) in [6.45, 7) is 2.32. The highest BCUT2D eigenvalue weighted by Crippen LogP contribution is 2.36. The second-order valence-electron chi connectivity index (χ2n) is 4.66. The minimum Gasteiger partial charge on any atom is -0.0648 e. The van der Waals surface area contributed by atoms with Crippen molar-refractivity contribution in [2.45, 2.75) is 45.4 Å². The zero-order valence-electron chi connectivity index (χ0n) is 9.71. The molecule has 0 bridgehead atoms. The Balaban J connectivity index is 1.96. The highest BCUT2D eigenvalue weighted by Gasteiger charge is 2.23. The van der Waals surface area contributed by atoms with Gasteiger partial charge >= 0.3 is 0 Å². The largest absolute Gasteiger partial charge is 0.0648 e. The summed E-state index contributed by atoms with van der Waals surface area (Å²) in [7, 11) is 0. The van der Waals surface area contributed by atoms with Crippen LogP contribution < -0.4 is 0 Å². The average Bonchev–Trinajstić information content (AvgIpc) is 2.81. The normalized spacial score (nSPS) is 17.5. The summed E-state index contributed by atoms with van der Waals surface area (Å²) in [4.78, 5) is 0. The van der Waals surface area contributed by atoms with Crippen LogP contribution >= 0.6 is 0 Å². The Morgan fingerprint density at radius 1 is 1.13 bits per heavy atom. The zero-order valence-corrected chi connectivity index (χ0v) is 9.71. The Kier molecular flexibility index (Phi) is 3.82. The molecule has 0 nitrogen and oxygen atoms in total. The van der Waals surface area contributed by atoms with Crippen LogP contribution in [0.25, 0.3) is 0 Å². The first kappa shape index (κ1) is 10.7. The predicted molar refractivity (Wildman–Crippen MR) is 65.6 cm³/mol. The molecule has 2 rings (SSSR count). The van der Waals surface area contributed by atoms with E-state index in [9.17, 15) is 0 Å². The third kappa shape index (κ3) is 2.84. The van der Waals surface area contributed by atoms with Crippen molar-refractivity contribution in [2.24, 2.45) is 5.92 Å². The monoisotopic (exact) mass is 201 g/mol. The van der Waals surface area contributed by atoms with Crippen LogP contribution in [0.3, 0.4) is 0 Å². The van der Waals surface area contributed by atoms with E-state index >= 15 is 0 Å². The van der Waals surface area contributed by atoms with Gasteiger partial charge in [-0.1, -0.05) is 50.1 Å². The van der Waals surface area contributed by atoms with E-state index in [1.54, 1.807) is 5.92 Å². The standard InChI is InChI=1S/C15H21/c1-2-14(15-10-6-7-11-15)12-13-8-4-3-5-9-13/h3-5,8-9,15H,2,6-7,10-12H2,1H3. The lowest BCUT2D eigenvalue weighted by atomic mass is 9.84. The van der Waals surface area contributed by atoms with Crippen molar-refractivity contribution in [2.75, 3.05) is 0 Å². The molecule has 1 saturated carbocycles. The quantitative estimate of drug-likeness (QED) is 0.677. The first-order valence-electron chi connectivity index (χ1n) is 6.28. The molecule has 0 unspecified atom stereocenters. The number of rotatable bonds is 4. The second kappa shape index (κ2) is 5.34. The van der Waals surface area contributed by atoms with Gasteiger partial charge in [-0.3, -0.25) is 0 Å². The zero-order chi connectivity index (χ0) is 10.5. The summed E-state index contributed by atoms with van der Waals surface area (Å²) in [6.07, 6.45) is 8.25. The average molecular weight is 201 g/mol. The Bertz CT molecular complexity index is 269. The van der Waals surface area contributed by atoms with Crippen LogP contribution in [0.2, 0.25) is 0 Å². The fraction of sp³-hybridized carbons (Fsp3) is 0.533. The molecule has 0 spiro atoms. The van der Waals surface area contributed by atoms with Crippen molar-refractivity contribution in [3.8, 4) is 0 Å². The van der Waals surface area contributed by atoms with Crippen molar-refractivity contribution in [1.82, 2.24) is 0 Å². The summed E-state index contributed by atoms with van der Waals surface area (Å²) in [6, 6.07) is 10.9. The van der Waals surface area contributed by atoms with Gasteiger partial charge in [-0.2, -0.15) is 0 Å². The first-order chi connectivity index (χ1) is 7.40. The summed E-state index contributed by atoms with van der Waals surface area (Å²) in [5.74, 6) is 2.70. The van der Waals surface area contributed by atoms with Crippen LogP contribution in [0.15, 0.2) is 30.3 Å². The van der Waals surface area contributed by atoms with E-state index in [2.05, 4.69) is 37.3 Å². The van der Waals surface area contributed by atoms with Crippen LogP contribution in [-0.2, 0) is 6.42 Å². The SMILES string of the molecule is CC[C](Cc1ccccc1)C1CCCC1. The molecule has 0 aliphatic heterocycles. The van der Waals surface area contributed by atoms with E-state index in [-0.39, 0.29) is 0 Å². The van der Waals surface area contributed by atoms with Crippen molar-refractivity contribution in [1.29, 1.82) is 0 Å². The molecule has 0 atom stereocenters. The van der Waals surface area contributed by atoms with Gasteiger partial charge in [0, 0.05) is 0 Å². The molecule has 0 N–H and O–H groups in total. The van der Waals surface area contributed by atoms with Gasteiger partial charge < -0.3 is 0 Å². The Hall–Kier alpha value is -0.780. The van der Waals surface area contributed by atoms with Gasteiger partial charge in [-0.25, -0.2) is 0 Å². The number of benzene rings is 1. The van der Waals surface area contributed by atoms with Gasteiger partial charge in [0.2, 0.25) is 0 Å². The van der Waals surface area contributed by atoms with Crippen LogP contribution in [0.5, 0.6) is 0 Å². The summed E-state index contributed by atoms with van der Waals surface area (Å²) < 4.78 is 0. The maximum absolute atomic E-state index is 2.32. The molecule has 0 heterocycles. The Morgan fingerprint density at radius 3 is 2.40 bits per heavy atom. The minimum atomic E-state index is 0.926. The highest BCUT2D eigenvalue weighted by molar-refractivity contribution is 5.20. The minimum absolute atomic E-state index is 0.926. The first-order valence-corrected chi connectivity index (χ1v) is 6.28. The van der Waals surface area contributed by atoms with E-state index in [4.69, 9.17) is 0 Å². The molecular weight excluding hydrogens is 180 g/mol. The molecule has 1 radical (unpaired) electrons. The molecule has 1 aromatic carbocycles. The number of hydrogen-bond donors (Lipinski definition) is 0. The molecule has 15 heavy (non-hydrogen) atoms. The van der Waals surface area contributed by atoms with Crippen LogP contribution in [0.4, 0.5) is 0 Å². The van der Waals surface area contributed by atoms with E-state index in [1.165, 1.54) is 44.1 Å². The Morgan fingerprint density at radius 2 is 1.80 bits per heavy atom. The number of hydrogen-bond acceptors (Lipinski definition) is 0. The maximum atomic E-state index is 2.32. The molecule has 1 aromatic rings. The van der Waals surface area contributed by atoms with Gasteiger partial charge in [0.1, 0.15) is 0 Å². The lowest BCUT2D eigenvalue weighted by Crippen LogP contribution is -2.11. The van der Waals surface area contributed by atoms with E-state index < -0.39 is 0 Å². The van der Waals surface area contributed by atoms with Crippen LogP contribution in [-0.4, -0.2) is 0 Å². The van der Waals surface area contributed by atoms with Gasteiger partial charge in [-0.05, 0) is 43.1 Å². The molecular formula is C15H21. The van der Waals surface area contributed by atoms with Crippen LogP contribution in [0, 0.1) is 11.8 Å².